The van der Waals surface area contributed by atoms with Crippen molar-refractivity contribution in [1.82, 2.24) is 15.3 Å². The molecule has 1 fully saturated rings. The fraction of sp³-hybridized carbons (Fsp3) is 0.600. The summed E-state index contributed by atoms with van der Waals surface area (Å²) in [6, 6.07) is 0. The molecule has 88 valence electrons. The Morgan fingerprint density at radius 1 is 1.44 bits per heavy atom. The molecular weight excluding hydrogens is 206 g/mol. The number of nitrogens with two attached hydrogens (primary N) is 1. The van der Waals surface area contributed by atoms with Gasteiger partial charge < -0.3 is 20.7 Å². The summed E-state index contributed by atoms with van der Waals surface area (Å²) in [5.74, 6) is 1.55. The van der Waals surface area contributed by atoms with Gasteiger partial charge in [-0.2, -0.15) is 0 Å². The Balaban J connectivity index is 2.30. The Bertz CT molecular complexity index is 351. The van der Waals surface area contributed by atoms with E-state index in [1.807, 2.05) is 0 Å². The largest absolute Gasteiger partial charge is 0.491 e. The van der Waals surface area contributed by atoms with Gasteiger partial charge in [0.2, 0.25) is 0 Å². The zero-order valence-corrected chi connectivity index (χ0v) is 9.44. The summed E-state index contributed by atoms with van der Waals surface area (Å²) in [6.07, 6.45) is 1.54. The Morgan fingerprint density at radius 2 is 2.19 bits per heavy atom. The molecule has 0 bridgehead atoms. The van der Waals surface area contributed by atoms with Crippen LogP contribution in [0.15, 0.2) is 6.33 Å². The minimum atomic E-state index is 0.366. The van der Waals surface area contributed by atoms with Gasteiger partial charge in [-0.1, -0.05) is 0 Å². The van der Waals surface area contributed by atoms with Gasteiger partial charge in [0, 0.05) is 32.7 Å². The smallest absolute Gasteiger partial charge is 0.184 e. The summed E-state index contributed by atoms with van der Waals surface area (Å²) in [7, 11) is 1.63. The van der Waals surface area contributed by atoms with Crippen LogP contribution in [0.4, 0.5) is 5.82 Å². The molecule has 0 aromatic carbocycles. The first-order valence-electron chi connectivity index (χ1n) is 5.40. The van der Waals surface area contributed by atoms with Crippen LogP contribution in [0, 0.1) is 0 Å². The highest BCUT2D eigenvalue weighted by Gasteiger charge is 2.18. The van der Waals surface area contributed by atoms with Crippen LogP contribution in [-0.2, 0) is 6.54 Å². The molecule has 0 unspecified atom stereocenters. The van der Waals surface area contributed by atoms with Crippen molar-refractivity contribution in [1.29, 1.82) is 0 Å². The number of anilines is 1. The van der Waals surface area contributed by atoms with Gasteiger partial charge in [-0.3, -0.25) is 0 Å². The van der Waals surface area contributed by atoms with Gasteiger partial charge >= 0.3 is 0 Å². The molecular formula is C10H17N5O. The first kappa shape index (κ1) is 11.1. The van der Waals surface area contributed by atoms with Gasteiger partial charge in [-0.25, -0.2) is 9.97 Å². The van der Waals surface area contributed by atoms with E-state index in [0.717, 1.165) is 37.7 Å². The molecule has 2 rings (SSSR count). The first-order valence-corrected chi connectivity index (χ1v) is 5.40. The summed E-state index contributed by atoms with van der Waals surface area (Å²) < 4.78 is 5.35. The fourth-order valence-electron chi connectivity index (χ4n) is 1.86. The van der Waals surface area contributed by atoms with Crippen molar-refractivity contribution in [3.63, 3.8) is 0 Å². The van der Waals surface area contributed by atoms with Crippen LogP contribution in [-0.4, -0.2) is 43.3 Å². The molecule has 3 N–H and O–H groups in total. The average Bonchev–Trinajstić information content (AvgIpc) is 2.38. The van der Waals surface area contributed by atoms with E-state index < -0.39 is 0 Å². The lowest BCUT2D eigenvalue weighted by atomic mass is 10.3. The first-order chi connectivity index (χ1) is 7.86. The summed E-state index contributed by atoms with van der Waals surface area (Å²) in [5, 5.41) is 3.30. The molecule has 6 nitrogen and oxygen atoms in total. The Labute approximate surface area is 94.8 Å². The minimum Gasteiger partial charge on any atom is -0.491 e. The number of aromatic nitrogens is 2. The van der Waals surface area contributed by atoms with Gasteiger partial charge in [0.1, 0.15) is 12.0 Å². The standard InChI is InChI=1S/C10H17N5O/c1-16-9-8(6-11)13-7-14-10(9)15-4-2-12-3-5-15/h7,12H,2-6,11H2,1H3. The molecule has 0 radical (unpaired) electrons. The van der Waals surface area contributed by atoms with Crippen LogP contribution in [0.5, 0.6) is 5.75 Å². The van der Waals surface area contributed by atoms with Crippen LogP contribution >= 0.6 is 0 Å². The number of nitrogens with one attached hydrogen (secondary N) is 1. The summed E-state index contributed by atoms with van der Waals surface area (Å²) >= 11 is 0. The van der Waals surface area contributed by atoms with Gasteiger partial charge in [-0.05, 0) is 0 Å². The molecule has 1 saturated heterocycles. The third kappa shape index (κ3) is 2.07. The van der Waals surface area contributed by atoms with Crippen LogP contribution in [0.2, 0.25) is 0 Å². The molecule has 16 heavy (non-hydrogen) atoms. The number of hydrogen-bond donors (Lipinski definition) is 2. The van der Waals surface area contributed by atoms with Gasteiger partial charge in [-0.15, -0.1) is 0 Å². The minimum absolute atomic E-state index is 0.366. The average molecular weight is 223 g/mol. The molecule has 1 aromatic heterocycles. The van der Waals surface area contributed by atoms with Crippen LogP contribution < -0.4 is 20.7 Å². The molecule has 1 aliphatic rings. The summed E-state index contributed by atoms with van der Waals surface area (Å²) in [6.45, 7) is 4.15. The number of methoxy groups -OCH3 is 1. The van der Waals surface area contributed by atoms with Crippen molar-refractivity contribution in [2.45, 2.75) is 6.54 Å². The van der Waals surface area contributed by atoms with Gasteiger partial charge in [0.25, 0.3) is 0 Å². The van der Waals surface area contributed by atoms with Crippen molar-refractivity contribution in [3.05, 3.63) is 12.0 Å². The quantitative estimate of drug-likeness (QED) is 0.709. The molecule has 2 heterocycles. The van der Waals surface area contributed by atoms with E-state index in [0.29, 0.717) is 12.3 Å². The van der Waals surface area contributed by atoms with Gasteiger partial charge in [0.05, 0.1) is 7.11 Å². The van der Waals surface area contributed by atoms with E-state index in [1.54, 1.807) is 13.4 Å². The van der Waals surface area contributed by atoms with Gasteiger partial charge in [0.15, 0.2) is 11.6 Å². The third-order valence-electron chi connectivity index (χ3n) is 2.67. The van der Waals surface area contributed by atoms with Crippen LogP contribution in [0.25, 0.3) is 0 Å². The van der Waals surface area contributed by atoms with Crippen molar-refractivity contribution >= 4 is 5.82 Å². The fourth-order valence-corrected chi connectivity index (χ4v) is 1.86. The zero-order chi connectivity index (χ0) is 11.4. The lowest BCUT2D eigenvalue weighted by Crippen LogP contribution is -2.44. The topological polar surface area (TPSA) is 76.3 Å². The molecule has 0 saturated carbocycles. The van der Waals surface area contributed by atoms with Crippen molar-refractivity contribution in [3.8, 4) is 5.75 Å². The lowest BCUT2D eigenvalue weighted by Gasteiger charge is -2.29. The second-order valence-corrected chi connectivity index (χ2v) is 3.62. The van der Waals surface area contributed by atoms with Crippen molar-refractivity contribution in [2.24, 2.45) is 5.73 Å². The van der Waals surface area contributed by atoms with E-state index in [4.69, 9.17) is 10.5 Å². The number of hydrogen-bond acceptors (Lipinski definition) is 6. The number of ether oxygens (including phenoxy) is 1. The predicted octanol–water partition coefficient (Wildman–Crippen LogP) is -0.646. The third-order valence-corrected chi connectivity index (χ3v) is 2.67. The second-order valence-electron chi connectivity index (χ2n) is 3.62. The van der Waals surface area contributed by atoms with Crippen LogP contribution in [0.3, 0.4) is 0 Å². The van der Waals surface area contributed by atoms with E-state index >= 15 is 0 Å². The highest BCUT2D eigenvalue weighted by Crippen LogP contribution is 2.27. The zero-order valence-electron chi connectivity index (χ0n) is 9.44. The monoisotopic (exact) mass is 223 g/mol. The number of rotatable bonds is 3. The Kier molecular flexibility index (Phi) is 3.53. The number of piperazine rings is 1. The normalized spacial score (nSPS) is 16.2. The number of nitrogens with zero attached hydrogens (tertiary/aromatic N) is 3. The summed E-state index contributed by atoms with van der Waals surface area (Å²) in [5.41, 5.74) is 6.38. The molecule has 1 aromatic rings. The van der Waals surface area contributed by atoms with E-state index in [9.17, 15) is 0 Å². The SMILES string of the molecule is COc1c(CN)ncnc1N1CCNCC1. The molecule has 6 heteroatoms. The second kappa shape index (κ2) is 5.09. The Morgan fingerprint density at radius 3 is 2.81 bits per heavy atom. The van der Waals surface area contributed by atoms with Crippen LogP contribution in [0.1, 0.15) is 5.69 Å². The van der Waals surface area contributed by atoms with E-state index in [2.05, 4.69) is 20.2 Å². The highest BCUT2D eigenvalue weighted by atomic mass is 16.5. The molecule has 0 spiro atoms. The molecule has 0 atom stereocenters. The van der Waals surface area contributed by atoms with E-state index in [1.165, 1.54) is 0 Å². The maximum atomic E-state index is 5.62. The Hall–Kier alpha value is -1.40. The predicted molar refractivity (Wildman–Crippen MR) is 61.6 cm³/mol. The molecule has 0 amide bonds. The maximum Gasteiger partial charge on any atom is 0.184 e. The highest BCUT2D eigenvalue weighted by molar-refractivity contribution is 5.54. The van der Waals surface area contributed by atoms with E-state index in [-0.39, 0.29) is 0 Å². The van der Waals surface area contributed by atoms with Crippen molar-refractivity contribution in [2.75, 3.05) is 38.2 Å². The van der Waals surface area contributed by atoms with Crippen molar-refractivity contribution < 1.29 is 4.74 Å². The lowest BCUT2D eigenvalue weighted by molar-refractivity contribution is 0.402. The summed E-state index contributed by atoms with van der Waals surface area (Å²) in [4.78, 5) is 10.6. The maximum absolute atomic E-state index is 5.62. The molecule has 0 aliphatic carbocycles. The molecule has 1 aliphatic heterocycles.